The van der Waals surface area contributed by atoms with Gasteiger partial charge >= 0.3 is 23.9 Å². The predicted octanol–water partition coefficient (Wildman–Crippen LogP) is 4.70. The van der Waals surface area contributed by atoms with E-state index in [1.165, 1.54) is 29.9 Å². The molecule has 0 aromatic heterocycles. The monoisotopic (exact) mass is 1000 g/mol. The second kappa shape index (κ2) is 23.9. The minimum atomic E-state index is -0.883. The van der Waals surface area contributed by atoms with Crippen LogP contribution in [0, 0.1) is 16.7 Å². The van der Waals surface area contributed by atoms with Crippen LogP contribution in [0.2, 0.25) is 0 Å². The number of carbonyl (C=O) groups is 6. The fourth-order valence-electron chi connectivity index (χ4n) is 10.6. The standard InChI is InChI=1S/C25H35NO5S.C18H24NOS.C7H12O4.BrH/c1-5-30-22(28)19(23(29)31-6-2)13-10-14-20-25(4)24(3,17-32-20)15-21(27)26(25)16-18-11-8-7-9-12-18;1-17-11-16(20)19(12-14-7-4-3-5-8-14)18(17,2)15-9-6-10-21(15)13-17;1-3-10-6(8)5-7(9)11-4-2;/h7-9,11-12,19-20H,5-6,10,13-17H2,1-4H3;3-5,7-8,15H,6,9-13H2,1-2H3;3-5H2,1-2H3;1H/q;+1;;/p-1/t20?,24-,25+;15?,17-,18+,21?;;/m00../s1. The van der Waals surface area contributed by atoms with Gasteiger partial charge < -0.3 is 45.7 Å². The van der Waals surface area contributed by atoms with Crippen molar-refractivity contribution in [3.8, 4) is 0 Å². The first-order chi connectivity index (χ1) is 30.5. The number of nitrogens with zero attached hydrogens (tertiary/aromatic N) is 2. The van der Waals surface area contributed by atoms with Gasteiger partial charge in [-0.3, -0.25) is 28.8 Å². The van der Waals surface area contributed by atoms with Gasteiger partial charge in [-0.1, -0.05) is 80.9 Å². The number of hydrogen-bond acceptors (Lipinski definition) is 11. The summed E-state index contributed by atoms with van der Waals surface area (Å²) in [6.45, 7) is 18.5. The maximum atomic E-state index is 13.0. The molecule has 15 heteroatoms. The molecule has 0 spiro atoms. The topological polar surface area (TPSA) is 146 Å². The summed E-state index contributed by atoms with van der Waals surface area (Å²) in [5.74, 6) is 1.23. The van der Waals surface area contributed by atoms with Crippen LogP contribution in [0.25, 0.3) is 0 Å². The lowest BCUT2D eigenvalue weighted by atomic mass is 9.71. The number of halogens is 1. The Hall–Kier alpha value is -3.56. The first kappa shape index (κ1) is 54.0. The van der Waals surface area contributed by atoms with Gasteiger partial charge in [0.15, 0.2) is 5.92 Å². The van der Waals surface area contributed by atoms with Crippen LogP contribution in [0.15, 0.2) is 60.7 Å². The van der Waals surface area contributed by atoms with Crippen LogP contribution in [-0.4, -0.2) is 111 Å². The summed E-state index contributed by atoms with van der Waals surface area (Å²) in [4.78, 5) is 75.9. The normalized spacial score (nSPS) is 28.2. The Labute approximate surface area is 404 Å². The molecule has 3 unspecified atom stereocenters. The van der Waals surface area contributed by atoms with E-state index in [9.17, 15) is 28.8 Å². The predicted molar refractivity (Wildman–Crippen MR) is 251 cm³/mol. The van der Waals surface area contributed by atoms with Crippen LogP contribution >= 0.6 is 11.8 Å². The maximum Gasteiger partial charge on any atom is 0.320 e. The molecule has 5 saturated heterocycles. The first-order valence-electron chi connectivity index (χ1n) is 23.1. The third-order valence-corrected chi connectivity index (χ3v) is 19.5. The zero-order valence-electron chi connectivity index (χ0n) is 39.7. The molecule has 12 nitrogen and oxygen atoms in total. The fraction of sp³-hybridized carbons (Fsp3) is 0.640. The molecule has 360 valence electrons. The Kier molecular flexibility index (Phi) is 19.9. The van der Waals surface area contributed by atoms with Crippen molar-refractivity contribution < 1.29 is 64.7 Å². The zero-order chi connectivity index (χ0) is 46.7. The van der Waals surface area contributed by atoms with Gasteiger partial charge in [0.25, 0.3) is 0 Å². The fourth-order valence-corrected chi connectivity index (χ4v) is 16.5. The van der Waals surface area contributed by atoms with E-state index in [1.807, 2.05) is 36.0 Å². The molecule has 2 amide bonds. The van der Waals surface area contributed by atoms with E-state index in [0.29, 0.717) is 42.6 Å². The van der Waals surface area contributed by atoms with Gasteiger partial charge in [0.2, 0.25) is 11.8 Å². The molecule has 2 aromatic rings. The van der Waals surface area contributed by atoms with Crippen LogP contribution < -0.4 is 17.0 Å². The quantitative estimate of drug-likeness (QED) is 0.1000. The number of likely N-dealkylation sites (tertiary alicyclic amines) is 2. The van der Waals surface area contributed by atoms with Crippen LogP contribution in [0.5, 0.6) is 0 Å². The number of carbonyl (C=O) groups excluding carboxylic acids is 6. The molecule has 5 aliphatic heterocycles. The van der Waals surface area contributed by atoms with E-state index in [1.54, 1.807) is 27.7 Å². The number of fused-ring (bicyclic) bond motifs is 4. The number of esters is 4. The number of benzene rings is 2. The van der Waals surface area contributed by atoms with Gasteiger partial charge in [0, 0.05) is 54.2 Å². The number of thioether (sulfide) groups is 1. The largest absolute Gasteiger partial charge is 1.00 e. The van der Waals surface area contributed by atoms with E-state index in [0.717, 1.165) is 36.0 Å². The molecule has 2 aromatic carbocycles. The second-order valence-corrected chi connectivity index (χ2v) is 21.8. The van der Waals surface area contributed by atoms with Crippen molar-refractivity contribution in [2.45, 2.75) is 141 Å². The minimum Gasteiger partial charge on any atom is -1.00 e. The van der Waals surface area contributed by atoms with E-state index in [4.69, 9.17) is 9.47 Å². The van der Waals surface area contributed by atoms with E-state index < -0.39 is 29.8 Å². The summed E-state index contributed by atoms with van der Waals surface area (Å²) < 4.78 is 19.2. The summed E-state index contributed by atoms with van der Waals surface area (Å²) in [5, 5.41) is 0.991. The van der Waals surface area contributed by atoms with Gasteiger partial charge in [0.1, 0.15) is 23.2 Å². The Morgan fingerprint density at radius 2 is 1.18 bits per heavy atom. The summed E-state index contributed by atoms with van der Waals surface area (Å²) in [6.07, 6.45) is 5.64. The number of rotatable bonds is 16. The molecule has 7 atom stereocenters. The van der Waals surface area contributed by atoms with Crippen molar-refractivity contribution in [2.75, 3.05) is 43.7 Å². The lowest BCUT2D eigenvalue weighted by molar-refractivity contribution is -0.162. The smallest absolute Gasteiger partial charge is 0.320 e. The summed E-state index contributed by atoms with van der Waals surface area (Å²) in [6, 6.07) is 20.6. The van der Waals surface area contributed by atoms with Gasteiger partial charge in [-0.2, -0.15) is 11.8 Å². The van der Waals surface area contributed by atoms with Crippen LogP contribution in [0.1, 0.15) is 118 Å². The van der Waals surface area contributed by atoms with Crippen LogP contribution in [0.4, 0.5) is 0 Å². The van der Waals surface area contributed by atoms with E-state index >= 15 is 0 Å². The molecule has 0 aliphatic carbocycles. The third kappa shape index (κ3) is 11.9. The molecule has 0 bridgehead atoms. The highest BCUT2D eigenvalue weighted by atomic mass is 79.9. The Balaban J connectivity index is 0.000000239. The van der Waals surface area contributed by atoms with Crippen molar-refractivity contribution in [2.24, 2.45) is 16.7 Å². The SMILES string of the molecule is CCOC(=O)C(CCCC1SC[C@]2(C)CC(=O)N(Cc3ccccc3)[C@]12C)C(=O)OCC.CCOC(=O)CC(=O)OCC.C[C@@]12CC(=O)N(Cc3ccccc3)[C@]1(C)C1CCC[S+]1C2.[Br-]. The Morgan fingerprint density at radius 1 is 0.708 bits per heavy atom. The number of hydrogen-bond donors (Lipinski definition) is 0. The zero-order valence-corrected chi connectivity index (χ0v) is 42.9. The molecular formula is C50H71BrN2O10S2. The Bertz CT molecular complexity index is 1910. The van der Waals surface area contributed by atoms with Crippen molar-refractivity contribution in [3.63, 3.8) is 0 Å². The molecule has 0 saturated carbocycles. The molecule has 0 N–H and O–H groups in total. The molecule has 5 fully saturated rings. The number of ether oxygens (including phenoxy) is 4. The third-order valence-electron chi connectivity index (χ3n) is 14.3. The van der Waals surface area contributed by atoms with Gasteiger partial charge in [-0.25, -0.2) is 0 Å². The first-order valence-corrected chi connectivity index (χ1v) is 25.8. The van der Waals surface area contributed by atoms with Crippen molar-refractivity contribution in [1.29, 1.82) is 0 Å². The maximum absolute atomic E-state index is 13.0. The Morgan fingerprint density at radius 3 is 1.68 bits per heavy atom. The molecule has 7 rings (SSSR count). The highest BCUT2D eigenvalue weighted by molar-refractivity contribution is 8.00. The molecule has 0 radical (unpaired) electrons. The molecular weight excluding hydrogens is 933 g/mol. The average molecular weight is 1000 g/mol. The summed E-state index contributed by atoms with van der Waals surface area (Å²) >= 11 is 1.91. The lowest BCUT2D eigenvalue weighted by Crippen LogP contribution is -3.00. The van der Waals surface area contributed by atoms with Gasteiger partial charge in [-0.05, 0) is 82.8 Å². The van der Waals surface area contributed by atoms with Crippen LogP contribution in [-0.2, 0) is 71.7 Å². The van der Waals surface area contributed by atoms with Crippen molar-refractivity contribution in [3.05, 3.63) is 71.8 Å². The molecule has 5 heterocycles. The average Bonchev–Trinajstić information content (AvgIpc) is 3.96. The summed E-state index contributed by atoms with van der Waals surface area (Å²) in [7, 11) is 0.557. The van der Waals surface area contributed by atoms with Gasteiger partial charge in [0.05, 0.1) is 37.5 Å². The number of amides is 2. The molecule has 65 heavy (non-hydrogen) atoms. The van der Waals surface area contributed by atoms with E-state index in [-0.39, 0.29) is 82.9 Å². The molecule has 5 aliphatic rings. The second-order valence-electron chi connectivity index (χ2n) is 18.3. The highest BCUT2D eigenvalue weighted by Gasteiger charge is 2.73. The van der Waals surface area contributed by atoms with Crippen molar-refractivity contribution in [1.82, 2.24) is 9.80 Å². The summed E-state index contributed by atoms with van der Waals surface area (Å²) in [5.41, 5.74) is 2.32. The van der Waals surface area contributed by atoms with E-state index in [2.05, 4.69) is 83.4 Å². The lowest BCUT2D eigenvalue weighted by Gasteiger charge is -2.44. The highest BCUT2D eigenvalue weighted by Crippen LogP contribution is 2.61. The van der Waals surface area contributed by atoms with Crippen molar-refractivity contribution >= 4 is 58.3 Å². The van der Waals surface area contributed by atoms with Crippen LogP contribution in [0.3, 0.4) is 0 Å². The minimum absolute atomic E-state index is 0. The van der Waals surface area contributed by atoms with Gasteiger partial charge in [-0.15, -0.1) is 0 Å².